The van der Waals surface area contributed by atoms with Crippen molar-refractivity contribution in [2.75, 3.05) is 20.2 Å². The molecule has 0 unspecified atom stereocenters. The molecule has 0 atom stereocenters. The van der Waals surface area contributed by atoms with Crippen LogP contribution in [0.5, 0.6) is 0 Å². The number of carbonyl (C=O) groups is 2. The molecule has 0 aliphatic carbocycles. The molecule has 0 spiro atoms. The Kier molecular flexibility index (Phi) is 8.21. The molecule has 0 bridgehead atoms. The van der Waals surface area contributed by atoms with Crippen LogP contribution in [0.1, 0.15) is 32.6 Å². The zero-order valence-electron chi connectivity index (χ0n) is 10.2. The smallest absolute Gasteiger partial charge is 0.325 e. The number of esters is 1. The van der Waals surface area contributed by atoms with Crippen molar-refractivity contribution in [2.24, 2.45) is 0 Å². The van der Waals surface area contributed by atoms with Crippen LogP contribution in [-0.2, 0) is 14.3 Å². The lowest BCUT2D eigenvalue weighted by atomic mass is 10.2. The van der Waals surface area contributed by atoms with Crippen molar-refractivity contribution in [3.8, 4) is 0 Å². The largest absolute Gasteiger partial charge is 0.468 e. The number of methoxy groups -OCH3 is 1. The van der Waals surface area contributed by atoms with E-state index in [-0.39, 0.29) is 12.5 Å². The second kappa shape index (κ2) is 8.95. The quantitative estimate of drug-likeness (QED) is 0.360. The Balaban J connectivity index is 4.05. The number of rotatable bonds is 8. The molecule has 0 fully saturated rings. The van der Waals surface area contributed by atoms with E-state index in [1.54, 1.807) is 0 Å². The summed E-state index contributed by atoms with van der Waals surface area (Å²) in [4.78, 5) is 24.0. The van der Waals surface area contributed by atoms with Gasteiger partial charge in [-0.3, -0.25) is 9.59 Å². The number of amides is 1. The van der Waals surface area contributed by atoms with E-state index in [0.29, 0.717) is 6.54 Å². The minimum Gasteiger partial charge on any atom is -0.468 e. The first-order chi connectivity index (χ1) is 7.65. The maximum Gasteiger partial charge on any atom is 0.325 e. The van der Waals surface area contributed by atoms with E-state index in [1.807, 2.05) is 0 Å². The number of unbranched alkanes of at least 4 members (excludes halogenated alkanes) is 3. The number of carbonyl (C=O) groups excluding carboxylic acids is 2. The van der Waals surface area contributed by atoms with Crippen LogP contribution >= 0.6 is 0 Å². The summed E-state index contributed by atoms with van der Waals surface area (Å²) in [5.41, 5.74) is 0. The van der Waals surface area contributed by atoms with Crippen LogP contribution in [0.15, 0.2) is 12.7 Å². The van der Waals surface area contributed by atoms with Crippen molar-refractivity contribution in [1.29, 1.82) is 0 Å². The van der Waals surface area contributed by atoms with Gasteiger partial charge in [0, 0.05) is 6.54 Å². The third-order valence-electron chi connectivity index (χ3n) is 2.32. The van der Waals surface area contributed by atoms with Gasteiger partial charge in [0.2, 0.25) is 5.91 Å². The molecule has 92 valence electrons. The van der Waals surface area contributed by atoms with Crippen molar-refractivity contribution in [2.45, 2.75) is 32.6 Å². The van der Waals surface area contributed by atoms with Crippen molar-refractivity contribution >= 4 is 11.9 Å². The summed E-state index contributed by atoms with van der Waals surface area (Å²) in [5.74, 6) is -0.618. The summed E-state index contributed by atoms with van der Waals surface area (Å²) in [7, 11) is 1.32. The van der Waals surface area contributed by atoms with Gasteiger partial charge in [0.1, 0.15) is 6.54 Å². The molecule has 0 aliphatic heterocycles. The standard InChI is InChI=1S/C12H21NO3/c1-4-6-7-8-9-13(11(14)5-2)10-12(15)16-3/h5H,2,4,6-10H2,1,3H3. The van der Waals surface area contributed by atoms with Gasteiger partial charge in [-0.05, 0) is 12.5 Å². The highest BCUT2D eigenvalue weighted by atomic mass is 16.5. The predicted octanol–water partition coefficient (Wildman–Crippen LogP) is 1.75. The zero-order chi connectivity index (χ0) is 12.4. The molecule has 0 radical (unpaired) electrons. The summed E-state index contributed by atoms with van der Waals surface area (Å²) in [6, 6.07) is 0. The maximum atomic E-state index is 11.4. The Morgan fingerprint density at radius 3 is 2.50 bits per heavy atom. The summed E-state index contributed by atoms with van der Waals surface area (Å²) in [6.07, 6.45) is 5.49. The molecule has 0 N–H and O–H groups in total. The number of hydrogen-bond acceptors (Lipinski definition) is 3. The van der Waals surface area contributed by atoms with Gasteiger partial charge in [0.25, 0.3) is 0 Å². The molecule has 0 rings (SSSR count). The van der Waals surface area contributed by atoms with Crippen LogP contribution in [0, 0.1) is 0 Å². The Morgan fingerprint density at radius 1 is 1.31 bits per heavy atom. The van der Waals surface area contributed by atoms with Crippen LogP contribution in [0.25, 0.3) is 0 Å². The minimum atomic E-state index is -0.398. The summed E-state index contributed by atoms with van der Waals surface area (Å²) >= 11 is 0. The monoisotopic (exact) mass is 227 g/mol. The number of hydrogen-bond donors (Lipinski definition) is 0. The third kappa shape index (κ3) is 6.22. The average Bonchev–Trinajstić information content (AvgIpc) is 2.31. The molecular formula is C12H21NO3. The molecule has 16 heavy (non-hydrogen) atoms. The predicted molar refractivity (Wildman–Crippen MR) is 62.9 cm³/mol. The number of nitrogens with zero attached hydrogens (tertiary/aromatic N) is 1. The molecule has 0 saturated heterocycles. The van der Waals surface area contributed by atoms with Crippen LogP contribution in [-0.4, -0.2) is 37.0 Å². The molecular weight excluding hydrogens is 206 g/mol. The van der Waals surface area contributed by atoms with Gasteiger partial charge in [-0.25, -0.2) is 0 Å². The third-order valence-corrected chi connectivity index (χ3v) is 2.32. The Hall–Kier alpha value is -1.32. The molecule has 0 saturated carbocycles. The van der Waals surface area contributed by atoms with Crippen molar-refractivity contribution in [1.82, 2.24) is 4.90 Å². The van der Waals surface area contributed by atoms with Gasteiger partial charge in [-0.15, -0.1) is 0 Å². The fourth-order valence-corrected chi connectivity index (χ4v) is 1.35. The molecule has 4 nitrogen and oxygen atoms in total. The lowest BCUT2D eigenvalue weighted by molar-refractivity contribution is -0.145. The highest BCUT2D eigenvalue weighted by molar-refractivity contribution is 5.89. The molecule has 0 aromatic rings. The van der Waals surface area contributed by atoms with Crippen LogP contribution in [0.3, 0.4) is 0 Å². The fraction of sp³-hybridized carbons (Fsp3) is 0.667. The highest BCUT2D eigenvalue weighted by Gasteiger charge is 2.14. The zero-order valence-corrected chi connectivity index (χ0v) is 10.2. The lowest BCUT2D eigenvalue weighted by Gasteiger charge is -2.19. The van der Waals surface area contributed by atoms with E-state index >= 15 is 0 Å². The first kappa shape index (κ1) is 14.7. The highest BCUT2D eigenvalue weighted by Crippen LogP contribution is 2.02. The summed E-state index contributed by atoms with van der Waals surface area (Å²) < 4.78 is 4.54. The van der Waals surface area contributed by atoms with E-state index in [0.717, 1.165) is 25.7 Å². The molecule has 4 heteroatoms. The van der Waals surface area contributed by atoms with E-state index in [2.05, 4.69) is 18.2 Å². The molecule has 0 aromatic carbocycles. The SMILES string of the molecule is C=CC(=O)N(CCCCCC)CC(=O)OC. The van der Waals surface area contributed by atoms with Crippen molar-refractivity contribution in [3.05, 3.63) is 12.7 Å². The Morgan fingerprint density at radius 2 is 2.00 bits per heavy atom. The topological polar surface area (TPSA) is 46.6 Å². The molecule has 0 aliphatic rings. The molecule has 0 aromatic heterocycles. The van der Waals surface area contributed by atoms with Gasteiger partial charge >= 0.3 is 5.97 Å². The van der Waals surface area contributed by atoms with E-state index in [4.69, 9.17) is 0 Å². The van der Waals surface area contributed by atoms with Crippen molar-refractivity contribution in [3.63, 3.8) is 0 Å². The first-order valence-corrected chi connectivity index (χ1v) is 5.63. The van der Waals surface area contributed by atoms with E-state index < -0.39 is 5.97 Å². The van der Waals surface area contributed by atoms with Crippen molar-refractivity contribution < 1.29 is 14.3 Å². The second-order valence-electron chi connectivity index (χ2n) is 3.60. The average molecular weight is 227 g/mol. The van der Waals surface area contributed by atoms with Gasteiger partial charge in [0.05, 0.1) is 7.11 Å². The molecule has 1 amide bonds. The van der Waals surface area contributed by atoms with Gasteiger partial charge < -0.3 is 9.64 Å². The van der Waals surface area contributed by atoms with E-state index in [9.17, 15) is 9.59 Å². The fourth-order valence-electron chi connectivity index (χ4n) is 1.35. The van der Waals surface area contributed by atoms with Crippen LogP contribution < -0.4 is 0 Å². The summed E-state index contributed by atoms with van der Waals surface area (Å²) in [6.45, 7) is 6.13. The van der Waals surface area contributed by atoms with E-state index in [1.165, 1.54) is 18.1 Å². The lowest BCUT2D eigenvalue weighted by Crippen LogP contribution is -2.35. The minimum absolute atomic E-state index is 0.00742. The Labute approximate surface area is 97.3 Å². The molecule has 0 heterocycles. The van der Waals surface area contributed by atoms with Gasteiger partial charge in [-0.2, -0.15) is 0 Å². The Bertz CT molecular complexity index is 238. The van der Waals surface area contributed by atoms with Crippen LogP contribution in [0.4, 0.5) is 0 Å². The van der Waals surface area contributed by atoms with Gasteiger partial charge in [-0.1, -0.05) is 32.8 Å². The normalized spacial score (nSPS) is 9.62. The van der Waals surface area contributed by atoms with Gasteiger partial charge in [0.15, 0.2) is 0 Å². The first-order valence-electron chi connectivity index (χ1n) is 5.63. The van der Waals surface area contributed by atoms with Crippen LogP contribution in [0.2, 0.25) is 0 Å². The second-order valence-corrected chi connectivity index (χ2v) is 3.60. The summed E-state index contributed by atoms with van der Waals surface area (Å²) in [5, 5.41) is 0. The number of ether oxygens (including phenoxy) is 1. The maximum absolute atomic E-state index is 11.4.